The van der Waals surface area contributed by atoms with Gasteiger partial charge in [-0.3, -0.25) is 4.79 Å². The van der Waals surface area contributed by atoms with Crippen molar-refractivity contribution in [1.29, 1.82) is 0 Å². The van der Waals surface area contributed by atoms with E-state index in [0.29, 0.717) is 30.4 Å². The molecule has 5 nitrogen and oxygen atoms in total. The zero-order valence-electron chi connectivity index (χ0n) is 18.6. The highest BCUT2D eigenvalue weighted by Crippen LogP contribution is 2.20. The first kappa shape index (κ1) is 22.6. The standard InChI is InChI=1S/C27H27N3O2S/c1-2-32-24-13-14-25-21(18-24)17-22(26(31)29-25)19-30(16-15-20-9-5-3-6-10-20)27(33)28-23-11-7-4-8-12-23/h3-14,17-18H,2,15-16,19H2,1H3,(H,28,33)(H,29,31). The van der Waals surface area contributed by atoms with Gasteiger partial charge in [0, 0.05) is 28.7 Å². The van der Waals surface area contributed by atoms with Crippen LogP contribution in [0.15, 0.2) is 89.7 Å². The number of fused-ring (bicyclic) bond motifs is 1. The lowest BCUT2D eigenvalue weighted by molar-refractivity contribution is 0.340. The molecule has 0 aliphatic carbocycles. The van der Waals surface area contributed by atoms with Crippen LogP contribution in [-0.4, -0.2) is 28.1 Å². The molecule has 6 heteroatoms. The van der Waals surface area contributed by atoms with Crippen molar-refractivity contribution < 1.29 is 4.74 Å². The van der Waals surface area contributed by atoms with Gasteiger partial charge in [0.05, 0.1) is 13.2 Å². The molecule has 0 aliphatic heterocycles. The van der Waals surface area contributed by atoms with Crippen LogP contribution in [0.4, 0.5) is 5.69 Å². The molecule has 1 aromatic heterocycles. The molecule has 0 atom stereocenters. The van der Waals surface area contributed by atoms with Crippen molar-refractivity contribution in [3.05, 3.63) is 106 Å². The fourth-order valence-corrected chi connectivity index (χ4v) is 3.97. The third kappa shape index (κ3) is 5.99. The summed E-state index contributed by atoms with van der Waals surface area (Å²) >= 11 is 5.75. The molecule has 168 valence electrons. The van der Waals surface area contributed by atoms with Crippen molar-refractivity contribution in [1.82, 2.24) is 9.88 Å². The number of aromatic amines is 1. The normalized spacial score (nSPS) is 10.7. The fraction of sp³-hybridized carbons (Fsp3) is 0.185. The maximum absolute atomic E-state index is 12.9. The Morgan fingerprint density at radius 3 is 2.45 bits per heavy atom. The maximum atomic E-state index is 12.9. The lowest BCUT2D eigenvalue weighted by atomic mass is 10.1. The van der Waals surface area contributed by atoms with E-state index in [-0.39, 0.29) is 5.56 Å². The van der Waals surface area contributed by atoms with Gasteiger partial charge in [0.1, 0.15) is 5.75 Å². The second kappa shape index (κ2) is 10.8. The highest BCUT2D eigenvalue weighted by molar-refractivity contribution is 7.80. The van der Waals surface area contributed by atoms with Crippen LogP contribution in [0, 0.1) is 0 Å². The van der Waals surface area contributed by atoms with Crippen LogP contribution in [0.2, 0.25) is 0 Å². The van der Waals surface area contributed by atoms with E-state index in [4.69, 9.17) is 17.0 Å². The van der Waals surface area contributed by atoms with Gasteiger partial charge in [-0.1, -0.05) is 48.5 Å². The summed E-state index contributed by atoms with van der Waals surface area (Å²) in [6.07, 6.45) is 0.817. The van der Waals surface area contributed by atoms with Gasteiger partial charge in [0.25, 0.3) is 5.56 Å². The van der Waals surface area contributed by atoms with Crippen molar-refractivity contribution in [3.63, 3.8) is 0 Å². The summed E-state index contributed by atoms with van der Waals surface area (Å²) in [6.45, 7) is 3.62. The number of aromatic nitrogens is 1. The highest BCUT2D eigenvalue weighted by atomic mass is 32.1. The molecule has 1 heterocycles. The molecule has 0 saturated carbocycles. The van der Waals surface area contributed by atoms with E-state index in [1.165, 1.54) is 5.56 Å². The van der Waals surface area contributed by atoms with Crippen LogP contribution in [0.1, 0.15) is 18.1 Å². The lowest BCUT2D eigenvalue weighted by Crippen LogP contribution is -2.37. The first-order valence-corrected chi connectivity index (χ1v) is 11.5. The number of ether oxygens (including phenoxy) is 1. The average Bonchev–Trinajstić information content (AvgIpc) is 2.83. The molecule has 4 aromatic rings. The predicted molar refractivity (Wildman–Crippen MR) is 139 cm³/mol. The van der Waals surface area contributed by atoms with E-state index in [1.807, 2.05) is 84.6 Å². The van der Waals surface area contributed by atoms with Gasteiger partial charge in [-0.2, -0.15) is 0 Å². The Bertz CT molecular complexity index is 1270. The van der Waals surface area contributed by atoms with E-state index in [9.17, 15) is 4.79 Å². The minimum Gasteiger partial charge on any atom is -0.494 e. The summed E-state index contributed by atoms with van der Waals surface area (Å²) in [4.78, 5) is 17.9. The first-order chi connectivity index (χ1) is 16.1. The zero-order valence-corrected chi connectivity index (χ0v) is 19.4. The number of pyridine rings is 1. The fourth-order valence-electron chi connectivity index (χ4n) is 3.69. The van der Waals surface area contributed by atoms with Gasteiger partial charge in [-0.05, 0) is 67.5 Å². The molecule has 0 saturated heterocycles. The Labute approximate surface area is 199 Å². The molecular weight excluding hydrogens is 430 g/mol. The van der Waals surface area contributed by atoms with E-state index in [1.54, 1.807) is 0 Å². The minimum atomic E-state index is -0.112. The van der Waals surface area contributed by atoms with E-state index in [2.05, 4.69) is 22.4 Å². The van der Waals surface area contributed by atoms with E-state index < -0.39 is 0 Å². The molecular formula is C27H27N3O2S. The molecule has 2 N–H and O–H groups in total. The van der Waals surface area contributed by atoms with Gasteiger partial charge in [0.2, 0.25) is 0 Å². The van der Waals surface area contributed by atoms with Crippen molar-refractivity contribution in [2.75, 3.05) is 18.5 Å². The van der Waals surface area contributed by atoms with Gasteiger partial charge in [-0.15, -0.1) is 0 Å². The molecule has 33 heavy (non-hydrogen) atoms. The first-order valence-electron chi connectivity index (χ1n) is 11.1. The van der Waals surface area contributed by atoms with Crippen molar-refractivity contribution >= 4 is 33.9 Å². The molecule has 0 amide bonds. The number of rotatable bonds is 8. The topological polar surface area (TPSA) is 57.4 Å². The van der Waals surface area contributed by atoms with Crippen LogP contribution in [0.5, 0.6) is 5.75 Å². The third-order valence-corrected chi connectivity index (χ3v) is 5.75. The Balaban J connectivity index is 1.60. The molecule has 0 radical (unpaired) electrons. The molecule has 3 aromatic carbocycles. The highest BCUT2D eigenvalue weighted by Gasteiger charge is 2.14. The molecule has 0 fully saturated rings. The second-order valence-corrected chi connectivity index (χ2v) is 8.15. The summed E-state index contributed by atoms with van der Waals surface area (Å²) in [5.41, 5.74) is 3.47. The third-order valence-electron chi connectivity index (χ3n) is 5.39. The average molecular weight is 458 g/mol. The largest absolute Gasteiger partial charge is 0.494 e. The Kier molecular flexibility index (Phi) is 7.37. The lowest BCUT2D eigenvalue weighted by Gasteiger charge is -2.26. The van der Waals surface area contributed by atoms with Gasteiger partial charge in [0.15, 0.2) is 5.11 Å². The van der Waals surface area contributed by atoms with Crippen LogP contribution < -0.4 is 15.6 Å². The summed E-state index contributed by atoms with van der Waals surface area (Å²) < 4.78 is 5.62. The van der Waals surface area contributed by atoms with Crippen LogP contribution in [0.3, 0.4) is 0 Å². The van der Waals surface area contributed by atoms with Crippen LogP contribution in [0.25, 0.3) is 10.9 Å². The number of hydrogen-bond acceptors (Lipinski definition) is 3. The molecule has 0 bridgehead atoms. The van der Waals surface area contributed by atoms with Gasteiger partial charge in [-0.25, -0.2) is 0 Å². The maximum Gasteiger partial charge on any atom is 0.253 e. The number of H-pyrrole nitrogens is 1. The molecule has 0 aliphatic rings. The number of para-hydroxylation sites is 1. The number of nitrogens with one attached hydrogen (secondary N) is 2. The SMILES string of the molecule is CCOc1ccc2[nH]c(=O)c(CN(CCc3ccccc3)C(=S)Nc3ccccc3)cc2c1. The summed E-state index contributed by atoms with van der Waals surface area (Å²) in [5, 5.41) is 4.82. The van der Waals surface area contributed by atoms with Crippen LogP contribution >= 0.6 is 12.2 Å². The van der Waals surface area contributed by atoms with Gasteiger partial charge < -0.3 is 19.9 Å². The Morgan fingerprint density at radius 2 is 1.73 bits per heavy atom. The van der Waals surface area contributed by atoms with Crippen molar-refractivity contribution in [2.45, 2.75) is 19.9 Å². The van der Waals surface area contributed by atoms with Gasteiger partial charge >= 0.3 is 0 Å². The van der Waals surface area contributed by atoms with Crippen molar-refractivity contribution in [2.24, 2.45) is 0 Å². The summed E-state index contributed by atoms with van der Waals surface area (Å²) in [5.74, 6) is 0.783. The molecule has 0 spiro atoms. The number of nitrogens with zero attached hydrogens (tertiary/aromatic N) is 1. The predicted octanol–water partition coefficient (Wildman–Crippen LogP) is 5.37. The zero-order chi connectivity index (χ0) is 23.0. The summed E-state index contributed by atoms with van der Waals surface area (Å²) in [6, 6.07) is 27.7. The van der Waals surface area contributed by atoms with E-state index in [0.717, 1.165) is 28.8 Å². The Hall–Kier alpha value is -3.64. The monoisotopic (exact) mass is 457 g/mol. The quantitative estimate of drug-likeness (QED) is 0.349. The van der Waals surface area contributed by atoms with Crippen LogP contribution in [-0.2, 0) is 13.0 Å². The number of anilines is 1. The Morgan fingerprint density at radius 1 is 1.00 bits per heavy atom. The minimum absolute atomic E-state index is 0.112. The molecule has 0 unspecified atom stereocenters. The van der Waals surface area contributed by atoms with E-state index >= 15 is 0 Å². The summed E-state index contributed by atoms with van der Waals surface area (Å²) in [7, 11) is 0. The number of benzene rings is 3. The molecule has 4 rings (SSSR count). The number of hydrogen-bond donors (Lipinski definition) is 2. The number of thiocarbonyl (C=S) groups is 1. The smallest absolute Gasteiger partial charge is 0.253 e. The second-order valence-electron chi connectivity index (χ2n) is 7.76. The van der Waals surface area contributed by atoms with Crippen molar-refractivity contribution in [3.8, 4) is 5.75 Å².